The SMILES string of the molecule is O=C(NC(Cc1ccccc1)C(=O)NC1CCNCC1)c1ccccc1. The summed E-state index contributed by atoms with van der Waals surface area (Å²) in [6.45, 7) is 1.81. The lowest BCUT2D eigenvalue weighted by Gasteiger charge is -2.26. The monoisotopic (exact) mass is 351 g/mol. The van der Waals surface area contributed by atoms with Gasteiger partial charge in [-0.3, -0.25) is 9.59 Å². The highest BCUT2D eigenvalue weighted by atomic mass is 16.2. The Morgan fingerprint density at radius 1 is 0.962 bits per heavy atom. The van der Waals surface area contributed by atoms with E-state index >= 15 is 0 Å². The van der Waals surface area contributed by atoms with Crippen molar-refractivity contribution >= 4 is 11.8 Å². The fourth-order valence-corrected chi connectivity index (χ4v) is 3.16. The molecule has 26 heavy (non-hydrogen) atoms. The lowest BCUT2D eigenvalue weighted by molar-refractivity contribution is -0.123. The van der Waals surface area contributed by atoms with Gasteiger partial charge in [0.1, 0.15) is 6.04 Å². The van der Waals surface area contributed by atoms with Crippen molar-refractivity contribution in [1.29, 1.82) is 0 Å². The van der Waals surface area contributed by atoms with Crippen LogP contribution < -0.4 is 16.0 Å². The lowest BCUT2D eigenvalue weighted by Crippen LogP contribution is -2.52. The fourth-order valence-electron chi connectivity index (χ4n) is 3.16. The molecular formula is C21H25N3O2. The number of carbonyl (C=O) groups excluding carboxylic acids is 2. The Balaban J connectivity index is 1.70. The van der Waals surface area contributed by atoms with E-state index in [2.05, 4.69) is 16.0 Å². The molecule has 0 radical (unpaired) electrons. The van der Waals surface area contributed by atoms with E-state index < -0.39 is 6.04 Å². The second-order valence-electron chi connectivity index (χ2n) is 6.61. The maximum absolute atomic E-state index is 12.8. The second kappa shape index (κ2) is 9.15. The Labute approximate surface area is 154 Å². The molecule has 3 N–H and O–H groups in total. The van der Waals surface area contributed by atoms with Crippen molar-refractivity contribution in [3.8, 4) is 0 Å². The van der Waals surface area contributed by atoms with Crippen LogP contribution in [0.25, 0.3) is 0 Å². The summed E-state index contributed by atoms with van der Waals surface area (Å²) < 4.78 is 0. The van der Waals surface area contributed by atoms with Gasteiger partial charge in [-0.1, -0.05) is 48.5 Å². The van der Waals surface area contributed by atoms with E-state index in [9.17, 15) is 9.59 Å². The van der Waals surface area contributed by atoms with Crippen LogP contribution in [0.2, 0.25) is 0 Å². The molecule has 2 aromatic carbocycles. The Hall–Kier alpha value is -2.66. The third-order valence-corrected chi connectivity index (χ3v) is 4.63. The van der Waals surface area contributed by atoms with Crippen molar-refractivity contribution in [2.24, 2.45) is 0 Å². The summed E-state index contributed by atoms with van der Waals surface area (Å²) in [5.41, 5.74) is 1.58. The highest BCUT2D eigenvalue weighted by Crippen LogP contribution is 2.08. The standard InChI is InChI=1S/C21H25N3O2/c25-20(17-9-5-2-6-10-17)24-19(15-16-7-3-1-4-8-16)21(26)23-18-11-13-22-14-12-18/h1-10,18-19,22H,11-15H2,(H,23,26)(H,24,25). The van der Waals surface area contributed by atoms with Crippen LogP contribution in [-0.2, 0) is 11.2 Å². The largest absolute Gasteiger partial charge is 0.351 e. The average Bonchev–Trinajstić information content (AvgIpc) is 2.69. The van der Waals surface area contributed by atoms with Gasteiger partial charge in [-0.15, -0.1) is 0 Å². The molecule has 1 aliphatic rings. The van der Waals surface area contributed by atoms with Crippen LogP contribution in [0.5, 0.6) is 0 Å². The first kappa shape index (κ1) is 18.1. The average molecular weight is 351 g/mol. The number of carbonyl (C=O) groups is 2. The molecule has 1 aliphatic heterocycles. The van der Waals surface area contributed by atoms with E-state index in [1.165, 1.54) is 0 Å². The van der Waals surface area contributed by atoms with Gasteiger partial charge in [0.05, 0.1) is 0 Å². The minimum atomic E-state index is -0.597. The van der Waals surface area contributed by atoms with Gasteiger partial charge < -0.3 is 16.0 Å². The van der Waals surface area contributed by atoms with Crippen LogP contribution in [0, 0.1) is 0 Å². The van der Waals surface area contributed by atoms with Crippen molar-refractivity contribution < 1.29 is 9.59 Å². The van der Waals surface area contributed by atoms with Crippen LogP contribution >= 0.6 is 0 Å². The molecule has 1 saturated heterocycles. The van der Waals surface area contributed by atoms with Crippen LogP contribution in [0.15, 0.2) is 60.7 Å². The zero-order chi connectivity index (χ0) is 18.2. The smallest absolute Gasteiger partial charge is 0.251 e. The zero-order valence-electron chi connectivity index (χ0n) is 14.8. The molecule has 2 aromatic rings. The summed E-state index contributed by atoms with van der Waals surface area (Å²) in [5, 5.41) is 9.30. The van der Waals surface area contributed by atoms with E-state index in [1.807, 2.05) is 48.5 Å². The number of benzene rings is 2. The molecule has 2 amide bonds. The molecule has 1 heterocycles. The number of hydrogen-bond acceptors (Lipinski definition) is 3. The molecule has 1 unspecified atom stereocenters. The van der Waals surface area contributed by atoms with E-state index in [1.54, 1.807) is 12.1 Å². The number of rotatable bonds is 6. The fraction of sp³-hybridized carbons (Fsp3) is 0.333. The number of hydrogen-bond donors (Lipinski definition) is 3. The summed E-state index contributed by atoms with van der Waals surface area (Å²) in [5.74, 6) is -0.350. The van der Waals surface area contributed by atoms with Gasteiger partial charge in [0.25, 0.3) is 5.91 Å². The molecule has 5 nitrogen and oxygen atoms in total. The van der Waals surface area contributed by atoms with Gasteiger partial charge in [0.15, 0.2) is 0 Å². The van der Waals surface area contributed by atoms with E-state index in [0.717, 1.165) is 31.5 Å². The quantitative estimate of drug-likeness (QED) is 0.744. The van der Waals surface area contributed by atoms with Crippen LogP contribution in [-0.4, -0.2) is 37.0 Å². The molecule has 0 saturated carbocycles. The van der Waals surface area contributed by atoms with E-state index in [0.29, 0.717) is 12.0 Å². The van der Waals surface area contributed by atoms with Crippen molar-refractivity contribution in [2.45, 2.75) is 31.3 Å². The first-order valence-corrected chi connectivity index (χ1v) is 9.13. The molecule has 136 valence electrons. The van der Waals surface area contributed by atoms with Crippen LogP contribution in [0.4, 0.5) is 0 Å². The van der Waals surface area contributed by atoms with Gasteiger partial charge in [-0.05, 0) is 43.6 Å². The van der Waals surface area contributed by atoms with Gasteiger partial charge in [-0.2, -0.15) is 0 Å². The Morgan fingerprint density at radius 2 is 1.58 bits per heavy atom. The molecule has 0 aliphatic carbocycles. The molecule has 1 fully saturated rings. The second-order valence-corrected chi connectivity index (χ2v) is 6.61. The van der Waals surface area contributed by atoms with Gasteiger partial charge in [0.2, 0.25) is 5.91 Å². The van der Waals surface area contributed by atoms with Crippen molar-refractivity contribution in [1.82, 2.24) is 16.0 Å². The first-order valence-electron chi connectivity index (χ1n) is 9.13. The van der Waals surface area contributed by atoms with Crippen LogP contribution in [0.1, 0.15) is 28.8 Å². The van der Waals surface area contributed by atoms with Gasteiger partial charge in [0, 0.05) is 18.0 Å². The molecule has 0 aromatic heterocycles. The summed E-state index contributed by atoms with van der Waals surface area (Å²) in [4.78, 5) is 25.4. The minimum Gasteiger partial charge on any atom is -0.351 e. The highest BCUT2D eigenvalue weighted by molar-refractivity contribution is 5.97. The molecule has 3 rings (SSSR count). The highest BCUT2D eigenvalue weighted by Gasteiger charge is 2.24. The zero-order valence-corrected chi connectivity index (χ0v) is 14.8. The third kappa shape index (κ3) is 5.17. The molecule has 1 atom stereocenters. The Kier molecular flexibility index (Phi) is 6.39. The summed E-state index contributed by atoms with van der Waals surface area (Å²) >= 11 is 0. The first-order chi connectivity index (χ1) is 12.7. The summed E-state index contributed by atoms with van der Waals surface area (Å²) in [7, 11) is 0. The molecule has 0 bridgehead atoms. The third-order valence-electron chi connectivity index (χ3n) is 4.63. The molecular weight excluding hydrogens is 326 g/mol. The topological polar surface area (TPSA) is 70.2 Å². The minimum absolute atomic E-state index is 0.120. The lowest BCUT2D eigenvalue weighted by atomic mass is 10.0. The predicted molar refractivity (Wildman–Crippen MR) is 102 cm³/mol. The van der Waals surface area contributed by atoms with Crippen LogP contribution in [0.3, 0.4) is 0 Å². The van der Waals surface area contributed by atoms with Crippen molar-refractivity contribution in [3.63, 3.8) is 0 Å². The van der Waals surface area contributed by atoms with E-state index in [-0.39, 0.29) is 17.9 Å². The normalized spacial score (nSPS) is 15.8. The maximum Gasteiger partial charge on any atom is 0.251 e. The molecule has 5 heteroatoms. The Bertz CT molecular complexity index is 713. The Morgan fingerprint density at radius 3 is 2.23 bits per heavy atom. The maximum atomic E-state index is 12.8. The molecule has 0 spiro atoms. The van der Waals surface area contributed by atoms with Crippen molar-refractivity contribution in [3.05, 3.63) is 71.8 Å². The van der Waals surface area contributed by atoms with E-state index in [4.69, 9.17) is 0 Å². The number of amides is 2. The van der Waals surface area contributed by atoms with Gasteiger partial charge in [-0.25, -0.2) is 0 Å². The van der Waals surface area contributed by atoms with Crippen molar-refractivity contribution in [2.75, 3.05) is 13.1 Å². The summed E-state index contributed by atoms with van der Waals surface area (Å²) in [6.07, 6.45) is 2.29. The number of nitrogens with one attached hydrogen (secondary N) is 3. The van der Waals surface area contributed by atoms with Gasteiger partial charge >= 0.3 is 0 Å². The predicted octanol–water partition coefficient (Wildman–Crippen LogP) is 1.90. The summed E-state index contributed by atoms with van der Waals surface area (Å²) in [6, 6.07) is 18.3. The number of piperidine rings is 1.